The Morgan fingerprint density at radius 2 is 1.83 bits per heavy atom. The fourth-order valence-electron chi connectivity index (χ4n) is 2.02. The third kappa shape index (κ3) is 2.20. The van der Waals surface area contributed by atoms with Gasteiger partial charge >= 0.3 is 6.18 Å². The molecule has 0 saturated heterocycles. The van der Waals surface area contributed by atoms with Crippen molar-refractivity contribution in [1.29, 1.82) is 0 Å². The average molecular weight is 253 g/mol. The largest absolute Gasteiger partial charge is 0.410 e. The predicted octanol–water partition coefficient (Wildman–Crippen LogP) is 3.55. The van der Waals surface area contributed by atoms with E-state index in [1.165, 1.54) is 19.2 Å². The van der Waals surface area contributed by atoms with E-state index in [0.29, 0.717) is 0 Å². The van der Waals surface area contributed by atoms with E-state index in [2.05, 4.69) is 5.32 Å². The van der Waals surface area contributed by atoms with E-state index in [1.54, 1.807) is 6.08 Å². The van der Waals surface area contributed by atoms with Gasteiger partial charge in [0.05, 0.1) is 0 Å². The zero-order valence-corrected chi connectivity index (χ0v) is 9.96. The molecule has 1 aliphatic carbocycles. The number of allylic oxidation sites excluding steroid dienone is 2. The lowest BCUT2D eigenvalue weighted by Crippen LogP contribution is -2.54. The Kier molecular flexibility index (Phi) is 3.30. The number of benzene rings is 1. The lowest BCUT2D eigenvalue weighted by atomic mass is 9.86. The number of halogens is 3. The normalized spacial score (nSPS) is 23.9. The third-order valence-electron chi connectivity index (χ3n) is 3.25. The van der Waals surface area contributed by atoms with Crippen molar-refractivity contribution < 1.29 is 13.2 Å². The van der Waals surface area contributed by atoms with Crippen molar-refractivity contribution in [2.24, 2.45) is 0 Å². The number of hydrogen-bond acceptors (Lipinski definition) is 1. The standard InChI is InChI=1S/C14H14F3N/c1-18-13(14(15,16)17)9-7-12(8-10-13)11-5-3-2-4-6-11/h2-9,18H,10H2,1H3. The number of hydrogen-bond donors (Lipinski definition) is 1. The highest BCUT2D eigenvalue weighted by Crippen LogP contribution is 2.38. The minimum atomic E-state index is -4.29. The van der Waals surface area contributed by atoms with Gasteiger partial charge in [0.15, 0.2) is 0 Å². The molecule has 1 aromatic rings. The van der Waals surface area contributed by atoms with Crippen molar-refractivity contribution in [3.05, 3.63) is 54.1 Å². The fraction of sp³-hybridized carbons (Fsp3) is 0.286. The van der Waals surface area contributed by atoms with E-state index in [9.17, 15) is 13.2 Å². The van der Waals surface area contributed by atoms with E-state index in [1.807, 2.05) is 30.3 Å². The number of alkyl halides is 3. The molecule has 0 fully saturated rings. The van der Waals surface area contributed by atoms with E-state index < -0.39 is 11.7 Å². The molecular weight excluding hydrogens is 239 g/mol. The molecule has 0 amide bonds. The fourth-order valence-corrected chi connectivity index (χ4v) is 2.02. The highest BCUT2D eigenvalue weighted by atomic mass is 19.4. The molecule has 0 saturated carbocycles. The van der Waals surface area contributed by atoms with Crippen LogP contribution in [-0.4, -0.2) is 18.8 Å². The number of rotatable bonds is 2. The molecule has 1 aliphatic rings. The molecule has 96 valence electrons. The summed E-state index contributed by atoms with van der Waals surface area (Å²) in [5.74, 6) is 0. The summed E-state index contributed by atoms with van der Waals surface area (Å²) in [6.45, 7) is 0. The van der Waals surface area contributed by atoms with Crippen LogP contribution in [0.25, 0.3) is 5.57 Å². The predicted molar refractivity (Wildman–Crippen MR) is 66.0 cm³/mol. The van der Waals surface area contributed by atoms with Crippen molar-refractivity contribution in [3.8, 4) is 0 Å². The molecule has 0 bridgehead atoms. The lowest BCUT2D eigenvalue weighted by Gasteiger charge is -2.34. The summed E-state index contributed by atoms with van der Waals surface area (Å²) in [6, 6.07) is 9.39. The Morgan fingerprint density at radius 1 is 1.17 bits per heavy atom. The van der Waals surface area contributed by atoms with Crippen LogP contribution in [0.1, 0.15) is 12.0 Å². The van der Waals surface area contributed by atoms with Crippen LogP contribution in [0.3, 0.4) is 0 Å². The molecule has 0 spiro atoms. The Hall–Kier alpha value is -1.55. The molecular formula is C14H14F3N. The average Bonchev–Trinajstić information content (AvgIpc) is 2.38. The first-order valence-corrected chi connectivity index (χ1v) is 5.69. The Labute approximate surface area is 104 Å². The van der Waals surface area contributed by atoms with Gasteiger partial charge in [-0.05, 0) is 24.6 Å². The smallest absolute Gasteiger partial charge is 0.303 e. The summed E-state index contributed by atoms with van der Waals surface area (Å²) >= 11 is 0. The van der Waals surface area contributed by atoms with E-state index in [0.717, 1.165) is 11.1 Å². The Morgan fingerprint density at radius 3 is 2.28 bits per heavy atom. The molecule has 0 aliphatic heterocycles. The van der Waals surface area contributed by atoms with Gasteiger partial charge in [0, 0.05) is 0 Å². The Bertz CT molecular complexity index is 474. The second kappa shape index (κ2) is 4.61. The van der Waals surface area contributed by atoms with Gasteiger partial charge in [-0.3, -0.25) is 0 Å². The summed E-state index contributed by atoms with van der Waals surface area (Å²) in [4.78, 5) is 0. The van der Waals surface area contributed by atoms with Crippen LogP contribution in [0.15, 0.2) is 48.6 Å². The van der Waals surface area contributed by atoms with E-state index in [-0.39, 0.29) is 6.42 Å². The van der Waals surface area contributed by atoms with Crippen LogP contribution in [0.4, 0.5) is 13.2 Å². The van der Waals surface area contributed by atoms with Gasteiger partial charge < -0.3 is 5.32 Å². The van der Waals surface area contributed by atoms with Crippen LogP contribution >= 0.6 is 0 Å². The summed E-state index contributed by atoms with van der Waals surface area (Å²) in [5.41, 5.74) is -0.183. The summed E-state index contributed by atoms with van der Waals surface area (Å²) in [5, 5.41) is 2.37. The van der Waals surface area contributed by atoms with Crippen LogP contribution < -0.4 is 5.32 Å². The molecule has 1 atom stereocenters. The maximum Gasteiger partial charge on any atom is 0.410 e. The molecule has 2 rings (SSSR count). The van der Waals surface area contributed by atoms with Gasteiger partial charge in [-0.2, -0.15) is 13.2 Å². The van der Waals surface area contributed by atoms with Crippen LogP contribution in [-0.2, 0) is 0 Å². The van der Waals surface area contributed by atoms with Gasteiger partial charge in [0.2, 0.25) is 0 Å². The van der Waals surface area contributed by atoms with Gasteiger partial charge in [-0.1, -0.05) is 48.6 Å². The molecule has 18 heavy (non-hydrogen) atoms. The summed E-state index contributed by atoms with van der Waals surface area (Å²) in [7, 11) is 1.33. The summed E-state index contributed by atoms with van der Waals surface area (Å²) < 4.78 is 38.9. The zero-order valence-electron chi connectivity index (χ0n) is 9.96. The molecule has 0 radical (unpaired) electrons. The maximum absolute atomic E-state index is 13.0. The quantitative estimate of drug-likeness (QED) is 0.850. The van der Waals surface area contributed by atoms with E-state index in [4.69, 9.17) is 0 Å². The SMILES string of the molecule is CNC1(C(F)(F)F)C=CC(c2ccccc2)=CC1. The molecule has 1 aromatic carbocycles. The molecule has 1 N–H and O–H groups in total. The molecule has 0 heterocycles. The molecule has 1 nitrogen and oxygen atoms in total. The van der Waals surface area contributed by atoms with Crippen LogP contribution in [0, 0.1) is 0 Å². The van der Waals surface area contributed by atoms with Gasteiger partial charge in [-0.15, -0.1) is 0 Å². The van der Waals surface area contributed by atoms with Crippen molar-refractivity contribution in [2.45, 2.75) is 18.1 Å². The third-order valence-corrected chi connectivity index (χ3v) is 3.25. The minimum absolute atomic E-state index is 0.0896. The van der Waals surface area contributed by atoms with Crippen molar-refractivity contribution in [3.63, 3.8) is 0 Å². The lowest BCUT2D eigenvalue weighted by molar-refractivity contribution is -0.179. The highest BCUT2D eigenvalue weighted by Gasteiger charge is 2.52. The first-order chi connectivity index (χ1) is 8.48. The van der Waals surface area contributed by atoms with Crippen LogP contribution in [0.2, 0.25) is 0 Å². The minimum Gasteiger partial charge on any atom is -0.303 e. The van der Waals surface area contributed by atoms with E-state index >= 15 is 0 Å². The number of nitrogens with one attached hydrogen (secondary N) is 1. The zero-order chi connectivity index (χ0) is 13.2. The van der Waals surface area contributed by atoms with Crippen LogP contribution in [0.5, 0.6) is 0 Å². The summed E-state index contributed by atoms with van der Waals surface area (Å²) in [6.07, 6.45) is -0.0256. The Balaban J connectivity index is 2.26. The second-order valence-electron chi connectivity index (χ2n) is 4.28. The maximum atomic E-state index is 13.0. The number of likely N-dealkylation sites (N-methyl/N-ethyl adjacent to an activating group) is 1. The van der Waals surface area contributed by atoms with Gasteiger partial charge in [0.25, 0.3) is 0 Å². The first kappa shape index (κ1) is 12.9. The monoisotopic (exact) mass is 253 g/mol. The first-order valence-electron chi connectivity index (χ1n) is 5.69. The van der Waals surface area contributed by atoms with Gasteiger partial charge in [-0.25, -0.2) is 0 Å². The topological polar surface area (TPSA) is 12.0 Å². The van der Waals surface area contributed by atoms with Crippen molar-refractivity contribution in [2.75, 3.05) is 7.05 Å². The second-order valence-corrected chi connectivity index (χ2v) is 4.28. The van der Waals surface area contributed by atoms with Crippen molar-refractivity contribution >= 4 is 5.57 Å². The van der Waals surface area contributed by atoms with Crippen molar-refractivity contribution in [1.82, 2.24) is 5.32 Å². The molecule has 1 unspecified atom stereocenters. The highest BCUT2D eigenvalue weighted by molar-refractivity contribution is 5.75. The molecule has 0 aromatic heterocycles. The molecule has 4 heteroatoms. The van der Waals surface area contributed by atoms with Gasteiger partial charge in [0.1, 0.15) is 5.54 Å².